The van der Waals surface area contributed by atoms with Gasteiger partial charge in [-0.05, 0) is 80.8 Å². The maximum Gasteiger partial charge on any atom is 0.259 e. The van der Waals surface area contributed by atoms with Crippen molar-refractivity contribution in [1.82, 2.24) is 15.4 Å². The molecule has 1 aliphatic heterocycles. The Morgan fingerprint density at radius 1 is 1.11 bits per heavy atom. The molecule has 2 aromatic carbocycles. The molecule has 2 amide bonds. The van der Waals surface area contributed by atoms with Crippen molar-refractivity contribution in [2.45, 2.75) is 107 Å². The number of benzene rings is 2. The van der Waals surface area contributed by atoms with E-state index in [9.17, 15) is 22.4 Å². The minimum Gasteiger partial charge on any atom is -0.490 e. The normalized spacial score (nSPS) is 24.9. The molecule has 0 bridgehead atoms. The first-order valence-electron chi connectivity index (χ1n) is 15.5. The molecule has 44 heavy (non-hydrogen) atoms. The standard InChI is InChI=1S/C33H43F2N3O5S/c1-5-24-25(9-8-10-27(24)34)26-17-21(31(2,3)29(39)38-44(4,41)42)11-14-28(26)43-23-13-12-22(18-23)37-30(40)33(35)19-32(36-20-33)15-6-7-16-32/h8-11,14,17,22-23,36H,5-7,12-13,15-16,18-20H2,1-4H3,(H,37,40)(H,38,39)/t22-,23-,33+/m1/s1. The lowest BCUT2D eigenvalue weighted by Crippen LogP contribution is -2.48. The summed E-state index contributed by atoms with van der Waals surface area (Å²) in [6.45, 7) is 5.13. The first-order valence-corrected chi connectivity index (χ1v) is 17.4. The van der Waals surface area contributed by atoms with Crippen LogP contribution in [0.5, 0.6) is 5.75 Å². The summed E-state index contributed by atoms with van der Waals surface area (Å²) < 4.78 is 62.7. The summed E-state index contributed by atoms with van der Waals surface area (Å²) >= 11 is 0. The van der Waals surface area contributed by atoms with E-state index in [1.807, 2.05) is 6.92 Å². The highest BCUT2D eigenvalue weighted by atomic mass is 32.2. The van der Waals surface area contributed by atoms with Gasteiger partial charge >= 0.3 is 0 Å². The number of rotatable bonds is 9. The minimum absolute atomic E-state index is 0.0349. The second kappa shape index (κ2) is 12.0. The number of alkyl halides is 1. The number of carbonyl (C=O) groups is 2. The summed E-state index contributed by atoms with van der Waals surface area (Å²) in [7, 11) is -3.78. The molecular weight excluding hydrogens is 588 g/mol. The lowest BCUT2D eigenvalue weighted by molar-refractivity contribution is -0.132. The van der Waals surface area contributed by atoms with Gasteiger partial charge in [0.05, 0.1) is 11.7 Å². The molecule has 3 N–H and O–H groups in total. The van der Waals surface area contributed by atoms with Crippen molar-refractivity contribution < 1.29 is 31.5 Å². The molecule has 240 valence electrons. The topological polar surface area (TPSA) is 114 Å². The smallest absolute Gasteiger partial charge is 0.259 e. The lowest BCUT2D eigenvalue weighted by Gasteiger charge is -2.26. The van der Waals surface area contributed by atoms with Crippen molar-refractivity contribution in [3.05, 3.63) is 53.3 Å². The van der Waals surface area contributed by atoms with E-state index in [2.05, 4.69) is 15.4 Å². The number of carbonyl (C=O) groups excluding carboxylic acids is 2. The quantitative estimate of drug-likeness (QED) is 0.365. The van der Waals surface area contributed by atoms with E-state index in [4.69, 9.17) is 4.74 Å². The fourth-order valence-electron chi connectivity index (χ4n) is 7.06. The van der Waals surface area contributed by atoms with Crippen molar-refractivity contribution in [1.29, 1.82) is 0 Å². The monoisotopic (exact) mass is 631 g/mol. The Hall–Kier alpha value is -3.05. The number of hydrogen-bond acceptors (Lipinski definition) is 6. The Labute approximate surface area is 258 Å². The molecule has 1 heterocycles. The van der Waals surface area contributed by atoms with Gasteiger partial charge in [0.25, 0.3) is 5.91 Å². The highest BCUT2D eigenvalue weighted by Crippen LogP contribution is 2.43. The highest BCUT2D eigenvalue weighted by molar-refractivity contribution is 7.89. The van der Waals surface area contributed by atoms with E-state index in [0.29, 0.717) is 53.7 Å². The van der Waals surface area contributed by atoms with E-state index in [1.54, 1.807) is 44.2 Å². The highest BCUT2D eigenvalue weighted by Gasteiger charge is 2.54. The average molecular weight is 632 g/mol. The van der Waals surface area contributed by atoms with Crippen LogP contribution in [0.3, 0.4) is 0 Å². The Balaban J connectivity index is 1.36. The van der Waals surface area contributed by atoms with Crippen LogP contribution < -0.4 is 20.1 Å². The second-order valence-corrected chi connectivity index (χ2v) is 15.1. The molecular formula is C33H43F2N3O5S. The van der Waals surface area contributed by atoms with Gasteiger partial charge in [-0.1, -0.05) is 38.0 Å². The molecule has 3 atom stereocenters. The van der Waals surface area contributed by atoms with Crippen LogP contribution in [0.4, 0.5) is 8.78 Å². The van der Waals surface area contributed by atoms with Crippen LogP contribution in [0, 0.1) is 5.82 Å². The predicted octanol–water partition coefficient (Wildman–Crippen LogP) is 4.84. The SMILES string of the molecule is CCc1c(F)cccc1-c1cc(C(C)(C)C(=O)NS(C)(=O)=O)ccc1O[C@@H]1CC[C@@H](NC(=O)[C@@]2(F)CNC3(CCCC3)C2)C1. The Kier molecular flexibility index (Phi) is 8.85. The third-order valence-electron chi connectivity index (χ3n) is 9.65. The zero-order chi connectivity index (χ0) is 31.9. The summed E-state index contributed by atoms with van der Waals surface area (Å²) in [5.41, 5.74) is -1.20. The van der Waals surface area contributed by atoms with Crippen LogP contribution in [0.25, 0.3) is 11.1 Å². The van der Waals surface area contributed by atoms with E-state index < -0.39 is 32.9 Å². The van der Waals surface area contributed by atoms with Crippen LogP contribution in [0.2, 0.25) is 0 Å². The van der Waals surface area contributed by atoms with Crippen molar-refractivity contribution in [3.63, 3.8) is 0 Å². The molecule has 11 heteroatoms. The molecule has 3 fully saturated rings. The van der Waals surface area contributed by atoms with Crippen molar-refractivity contribution in [3.8, 4) is 16.9 Å². The summed E-state index contributed by atoms with van der Waals surface area (Å²) in [6, 6.07) is 9.75. The van der Waals surface area contributed by atoms with Crippen molar-refractivity contribution >= 4 is 21.8 Å². The van der Waals surface area contributed by atoms with Crippen LogP contribution >= 0.6 is 0 Å². The molecule has 2 aliphatic carbocycles. The number of ether oxygens (including phenoxy) is 1. The zero-order valence-electron chi connectivity index (χ0n) is 25.9. The number of sulfonamides is 1. The lowest BCUT2D eigenvalue weighted by atomic mass is 9.82. The number of amides is 2. The van der Waals surface area contributed by atoms with Crippen molar-refractivity contribution in [2.75, 3.05) is 12.8 Å². The van der Waals surface area contributed by atoms with E-state index in [-0.39, 0.29) is 36.5 Å². The molecule has 1 saturated heterocycles. The first kappa shape index (κ1) is 32.3. The van der Waals surface area contributed by atoms with Gasteiger partial charge in [-0.15, -0.1) is 0 Å². The van der Waals surface area contributed by atoms with Gasteiger partial charge in [0.2, 0.25) is 21.6 Å². The van der Waals surface area contributed by atoms with Crippen LogP contribution in [-0.4, -0.2) is 56.4 Å². The summed E-state index contributed by atoms with van der Waals surface area (Å²) in [5, 5.41) is 6.23. The second-order valence-electron chi connectivity index (χ2n) is 13.4. The zero-order valence-corrected chi connectivity index (χ0v) is 26.7. The van der Waals surface area contributed by atoms with Gasteiger partial charge in [0.15, 0.2) is 0 Å². The molecule has 0 radical (unpaired) electrons. The number of nitrogens with one attached hydrogen (secondary N) is 3. The molecule has 1 spiro atoms. The van der Waals surface area contributed by atoms with Crippen LogP contribution in [-0.2, 0) is 31.4 Å². The third-order valence-corrected chi connectivity index (χ3v) is 10.2. The van der Waals surface area contributed by atoms with E-state index in [1.165, 1.54) is 6.07 Å². The fraction of sp³-hybridized carbons (Fsp3) is 0.576. The number of hydrogen-bond donors (Lipinski definition) is 3. The Bertz CT molecular complexity index is 1540. The maximum absolute atomic E-state index is 15.7. The van der Waals surface area contributed by atoms with E-state index >= 15 is 4.39 Å². The van der Waals surface area contributed by atoms with Gasteiger partial charge in [-0.25, -0.2) is 17.2 Å². The third kappa shape index (κ3) is 6.63. The molecule has 2 aromatic rings. The molecule has 0 unspecified atom stereocenters. The molecule has 3 aliphatic rings. The van der Waals surface area contributed by atoms with Crippen molar-refractivity contribution in [2.24, 2.45) is 0 Å². The maximum atomic E-state index is 15.7. The van der Waals surface area contributed by atoms with Crippen LogP contribution in [0.15, 0.2) is 36.4 Å². The van der Waals surface area contributed by atoms with Gasteiger partial charge in [-0.2, -0.15) is 0 Å². The molecule has 5 rings (SSSR count). The van der Waals surface area contributed by atoms with Gasteiger partial charge in [0.1, 0.15) is 17.7 Å². The fourth-order valence-corrected chi connectivity index (χ4v) is 7.65. The predicted molar refractivity (Wildman–Crippen MR) is 165 cm³/mol. The summed E-state index contributed by atoms with van der Waals surface area (Å²) in [6.07, 6.45) is 6.95. The Morgan fingerprint density at radius 2 is 1.84 bits per heavy atom. The molecule has 0 aromatic heterocycles. The summed E-state index contributed by atoms with van der Waals surface area (Å²) in [5.74, 6) is -1.13. The summed E-state index contributed by atoms with van der Waals surface area (Å²) in [4.78, 5) is 26.0. The van der Waals surface area contributed by atoms with Crippen LogP contribution in [0.1, 0.15) is 83.3 Å². The average Bonchev–Trinajstić information content (AvgIpc) is 3.69. The van der Waals surface area contributed by atoms with Gasteiger partial charge < -0.3 is 15.4 Å². The van der Waals surface area contributed by atoms with E-state index in [0.717, 1.165) is 31.9 Å². The van der Waals surface area contributed by atoms with Gasteiger partial charge in [0, 0.05) is 36.5 Å². The largest absolute Gasteiger partial charge is 0.490 e. The minimum atomic E-state index is -3.78. The molecule has 2 saturated carbocycles. The number of halogens is 2. The van der Waals surface area contributed by atoms with Gasteiger partial charge in [-0.3, -0.25) is 14.3 Å². The molecule has 8 nitrogen and oxygen atoms in total. The Morgan fingerprint density at radius 3 is 2.52 bits per heavy atom. The first-order chi connectivity index (χ1) is 20.6.